The van der Waals surface area contributed by atoms with E-state index < -0.39 is 0 Å². The molecule has 0 saturated heterocycles. The molecule has 8 aromatic carbocycles. The number of rotatable bonds is 44. The number of fused-ring (bicyclic) bond motifs is 4. The molecule has 8 heterocycles. The zero-order valence-electron chi connectivity index (χ0n) is 86.5. The molecule has 0 fully saturated rings. The van der Waals surface area contributed by atoms with Crippen molar-refractivity contribution in [2.24, 2.45) is 28.2 Å². The lowest BCUT2D eigenvalue weighted by Crippen LogP contribution is -2.20. The molecule has 8 aromatic heterocycles. The highest BCUT2D eigenvalue weighted by atomic mass is 32.2. The van der Waals surface area contributed by atoms with Gasteiger partial charge >= 0.3 is 0 Å². The lowest BCUT2D eigenvalue weighted by atomic mass is 10.0. The van der Waals surface area contributed by atoms with Crippen molar-refractivity contribution >= 4 is 160 Å². The largest absolute Gasteiger partial charge is 0.492 e. The highest BCUT2D eigenvalue weighted by Gasteiger charge is 2.25. The highest BCUT2D eigenvalue weighted by Crippen LogP contribution is 2.45. The fourth-order valence-electron chi connectivity index (χ4n) is 15.8. The number of amides is 4. The molecule has 35 nitrogen and oxygen atoms in total. The zero-order chi connectivity index (χ0) is 105. The number of hydrogen-bond donors (Lipinski definition) is 8. The predicted molar refractivity (Wildman–Crippen MR) is 600 cm³/mol. The number of ether oxygens (including phenoxy) is 5. The monoisotopic (exact) mass is 2030 g/mol. The zero-order valence-corrected chi connectivity index (χ0v) is 88.1. The Balaban J connectivity index is 0.000000165. The van der Waals surface area contributed by atoms with E-state index in [0.717, 1.165) is 148 Å². The second-order valence-corrected chi connectivity index (χ2v) is 37.1. The van der Waals surface area contributed by atoms with Crippen LogP contribution < -0.4 is 66.2 Å². The fourth-order valence-corrected chi connectivity index (χ4v) is 18.1. The Labute approximate surface area is 871 Å². The molecular formula is C111H128N26O9S2. The number of benzene rings is 8. The summed E-state index contributed by atoms with van der Waals surface area (Å²) in [6, 6.07) is 54.8. The van der Waals surface area contributed by atoms with Crippen molar-refractivity contribution in [1.29, 1.82) is 0 Å². The molecule has 8 N–H and O–H groups in total. The Morgan fingerprint density at radius 2 is 0.682 bits per heavy atom. The van der Waals surface area contributed by atoms with Gasteiger partial charge in [-0.2, -0.15) is 10.2 Å². The lowest BCUT2D eigenvalue weighted by molar-refractivity contribution is -0.112. The highest BCUT2D eigenvalue weighted by molar-refractivity contribution is 7.99. The molecule has 16 aromatic rings. The number of carbonyl (C=O) groups is 4. The third-order valence-corrected chi connectivity index (χ3v) is 24.9. The summed E-state index contributed by atoms with van der Waals surface area (Å²) < 4.78 is 37.6. The summed E-state index contributed by atoms with van der Waals surface area (Å²) in [4.78, 5) is 95.7. The van der Waals surface area contributed by atoms with Gasteiger partial charge in [-0.15, -0.1) is 23.5 Å². The van der Waals surface area contributed by atoms with E-state index in [1.807, 2.05) is 260 Å². The number of para-hydroxylation sites is 2. The molecule has 0 aliphatic heterocycles. The van der Waals surface area contributed by atoms with Crippen LogP contribution in [0.1, 0.15) is 39.7 Å². The van der Waals surface area contributed by atoms with Crippen molar-refractivity contribution in [2.45, 2.75) is 50.3 Å². The average Bonchev–Trinajstić information content (AvgIpc) is 1.61. The molecule has 0 radical (unpaired) electrons. The van der Waals surface area contributed by atoms with Crippen molar-refractivity contribution in [2.75, 3.05) is 170 Å². The number of likely N-dealkylation sites (N-methyl/N-ethyl adjacent to an activating group) is 1. The minimum Gasteiger partial charge on any atom is -0.492 e. The van der Waals surface area contributed by atoms with E-state index in [0.29, 0.717) is 138 Å². The molecule has 148 heavy (non-hydrogen) atoms. The van der Waals surface area contributed by atoms with E-state index in [1.54, 1.807) is 60.4 Å². The first kappa shape index (κ1) is 109. The maximum atomic E-state index is 12.2. The van der Waals surface area contributed by atoms with Gasteiger partial charge in [0.25, 0.3) is 0 Å². The van der Waals surface area contributed by atoms with Crippen molar-refractivity contribution in [3.8, 4) is 74.0 Å². The van der Waals surface area contributed by atoms with Gasteiger partial charge in [-0.25, -0.2) is 39.9 Å². The molecule has 0 unspecified atom stereocenters. The Bertz CT molecular complexity index is 6940. The second-order valence-electron chi connectivity index (χ2n) is 34.8. The first-order chi connectivity index (χ1) is 71.6. The third kappa shape index (κ3) is 29.1. The van der Waals surface area contributed by atoms with Crippen molar-refractivity contribution in [3.63, 3.8) is 0 Å². The van der Waals surface area contributed by atoms with E-state index in [2.05, 4.69) is 159 Å². The van der Waals surface area contributed by atoms with E-state index in [9.17, 15) is 19.2 Å². The van der Waals surface area contributed by atoms with Gasteiger partial charge in [0.05, 0.1) is 111 Å². The molecule has 0 aliphatic rings. The Morgan fingerprint density at radius 1 is 0.358 bits per heavy atom. The normalized spacial score (nSPS) is 11.0. The van der Waals surface area contributed by atoms with Gasteiger partial charge in [-0.05, 0) is 224 Å². The summed E-state index contributed by atoms with van der Waals surface area (Å²) in [5.74, 6) is 5.18. The molecule has 0 bridgehead atoms. The van der Waals surface area contributed by atoms with E-state index in [1.165, 1.54) is 24.3 Å². The number of thioether (sulfide) groups is 2. The van der Waals surface area contributed by atoms with Gasteiger partial charge in [0, 0.05) is 162 Å². The summed E-state index contributed by atoms with van der Waals surface area (Å²) in [6.45, 7) is 27.8. The fraction of sp³-hybridized carbons (Fsp3) is 0.261. The van der Waals surface area contributed by atoms with Gasteiger partial charge in [-0.3, -0.25) is 28.5 Å². The second kappa shape index (κ2) is 53.0. The van der Waals surface area contributed by atoms with Gasteiger partial charge in [0.1, 0.15) is 35.4 Å². The molecular weight excluding hydrogens is 1910 g/mol. The summed E-state index contributed by atoms with van der Waals surface area (Å²) in [6.07, 6.45) is 17.7. The summed E-state index contributed by atoms with van der Waals surface area (Å²) >= 11 is 3.30. The maximum absolute atomic E-state index is 12.2. The number of aromatic nitrogens is 14. The van der Waals surface area contributed by atoms with E-state index >= 15 is 0 Å². The van der Waals surface area contributed by atoms with Crippen molar-refractivity contribution < 1.29 is 42.9 Å². The smallest absolute Gasteiger partial charge is 0.247 e. The van der Waals surface area contributed by atoms with Crippen LogP contribution in [0.4, 0.5) is 69.3 Å². The van der Waals surface area contributed by atoms with E-state index in [-0.39, 0.29) is 23.6 Å². The summed E-state index contributed by atoms with van der Waals surface area (Å²) in [7, 11) is 24.0. The molecule has 0 atom stereocenters. The topological polar surface area (TPSA) is 372 Å². The van der Waals surface area contributed by atoms with Crippen LogP contribution in [0.2, 0.25) is 0 Å². The maximum Gasteiger partial charge on any atom is 0.247 e. The summed E-state index contributed by atoms with van der Waals surface area (Å²) in [5.41, 5.74) is 17.0. The van der Waals surface area contributed by atoms with Crippen LogP contribution in [0, 0.1) is 0 Å². The third-order valence-electron chi connectivity index (χ3n) is 22.8. The van der Waals surface area contributed by atoms with Gasteiger partial charge in [0.15, 0.2) is 0 Å². The van der Waals surface area contributed by atoms with Gasteiger partial charge in [0.2, 0.25) is 47.4 Å². The van der Waals surface area contributed by atoms with Crippen molar-refractivity contribution in [1.82, 2.24) is 88.2 Å². The SMILES string of the molecule is C=CC(=O)Nc1cc(Nc2nccc(-c3c4ccccc4nn3C)n2)c(OCC)cc1OCCN(C)C.C=CC(=O)Nc1cc(Nc2nccc(-c3c4ccccc4nn3C)n2)c(OCC)cc1SCCN(C)C.C=CC(=O)Nc1cc(Nc2nccc(-c3cn(C)c4ccccc34)n2)c(OCC)cc1CCCN(C)C.C=CC(=O)Nc1cc(Nc2nccc(-c3cn(C)c4ccccc34)n2)c(OCC)cc1SCCN(C)C. The summed E-state index contributed by atoms with van der Waals surface area (Å²) in [5, 5.41) is 38.2. The minimum absolute atomic E-state index is 0.266. The van der Waals surface area contributed by atoms with Gasteiger partial charge in [-0.1, -0.05) is 99.1 Å². The molecule has 37 heteroatoms. The molecule has 768 valence electrons. The predicted octanol–water partition coefficient (Wildman–Crippen LogP) is 20.1. The number of hydrogen-bond acceptors (Lipinski definition) is 29. The average molecular weight is 2030 g/mol. The first-order valence-corrected chi connectivity index (χ1v) is 50.3. The Hall–Kier alpha value is -16.3. The Morgan fingerprint density at radius 3 is 1.07 bits per heavy atom. The number of carbonyl (C=O) groups excluding carboxylic acids is 4. The molecule has 0 aliphatic carbocycles. The molecule has 16 rings (SSSR count). The lowest BCUT2D eigenvalue weighted by Gasteiger charge is -2.19. The Kier molecular flexibility index (Phi) is 39.0. The van der Waals surface area contributed by atoms with E-state index in [4.69, 9.17) is 43.6 Å². The number of anilines is 12. The van der Waals surface area contributed by atoms with Crippen LogP contribution in [-0.4, -0.2) is 239 Å². The number of nitrogens with one attached hydrogen (secondary N) is 8. The number of aryl methyl sites for hydroxylation is 5. The van der Waals surface area contributed by atoms with Crippen LogP contribution in [0.15, 0.2) is 267 Å². The van der Waals surface area contributed by atoms with Gasteiger partial charge < -0.3 is 95.0 Å². The quantitative estimate of drug-likeness (QED) is 0.0130. The van der Waals surface area contributed by atoms with Crippen LogP contribution in [0.25, 0.3) is 88.9 Å². The van der Waals surface area contributed by atoms with Crippen LogP contribution >= 0.6 is 23.5 Å². The van der Waals surface area contributed by atoms with Crippen LogP contribution in [0.5, 0.6) is 28.7 Å². The standard InChI is InChI=1S/C29H34N6O2.C28H32N6O2S.C27H31N7O3.C27H31N7O2S/c1-6-28(36)31-24-18-25(27(37-7-2)17-20(24)11-10-16-34(3)4)33-29-30-15-14-23(32-29)22-19-35(5)26-13-9-8-12-21(22)26;1-6-27(35)30-23-16-22(25(36-7-2)17-26(23)37-15-14-33(3)4)32-28-29-13-12-21(31-28)20-18-34(5)24-11-9-8-10-19(20)24;1-6-25(35)29-21-16-22(23(36-7-2)17-24(21)37-15-14-33(3)4)31-27-28-13-12-20(30-27)26-18-10-8-9-11-19(18)32-34(26)5;1-6-25(35)29-22-16-21(23(36-7-2)17-24(22)37-15-14-33(3)4)31-27-28-13-12-20(30-27)26-18-10-8-9-11-19(18)32-34(26)5/h6,8-9,12-15,17-19H,1,7,10-11,16H2,2-5H3,(H,31,36)(H,30,32,33);6,8-13,16-18H,1,7,14-15H2,2-5H3,(H,30,35)(H,29,31,32);2*6,8-13,16-17H,1,7,14-15H2,2-5H3,(H,29,35)(H,28,30,31). The number of nitrogens with zero attached hydrogens (tertiary/aromatic N) is 18. The molecule has 0 spiro atoms. The van der Waals surface area contributed by atoms with Crippen molar-refractivity contribution in [3.05, 3.63) is 263 Å². The molecule has 0 saturated carbocycles. The van der Waals surface area contributed by atoms with Crippen LogP contribution in [0.3, 0.4) is 0 Å². The minimum atomic E-state index is -0.353. The first-order valence-electron chi connectivity index (χ1n) is 48.3. The van der Waals surface area contributed by atoms with Crippen LogP contribution in [-0.2, 0) is 53.8 Å². The molecule has 4 amide bonds.